The number of nitrogens with zero attached hydrogens (tertiary/aromatic N) is 1. The molecular formula is C19H21N3O5S. The number of nitrogens with one attached hydrogen (secondary N) is 1. The number of methoxy groups -OCH3 is 1. The lowest BCUT2D eigenvalue weighted by Gasteiger charge is -2.20. The average Bonchev–Trinajstić information content (AvgIpc) is 2.71. The number of aliphatic imine (C=N–C) groups is 1. The van der Waals surface area contributed by atoms with E-state index in [9.17, 15) is 13.2 Å². The van der Waals surface area contributed by atoms with Gasteiger partial charge in [-0.05, 0) is 36.4 Å². The molecular weight excluding hydrogens is 382 g/mol. The van der Waals surface area contributed by atoms with Crippen molar-refractivity contribution in [2.45, 2.75) is 9.79 Å². The summed E-state index contributed by atoms with van der Waals surface area (Å²) in [5.74, 6) is -0.123. The number of hydrogen-bond acceptors (Lipinski definition) is 8. The van der Waals surface area contributed by atoms with E-state index in [2.05, 4.69) is 10.3 Å². The molecule has 8 nitrogen and oxygen atoms in total. The number of sulfone groups is 1. The molecule has 2 aromatic carbocycles. The molecule has 148 valence electrons. The van der Waals surface area contributed by atoms with Crippen LogP contribution in [0.15, 0.2) is 51.2 Å². The Kier molecular flexibility index (Phi) is 5.78. The fraction of sp³-hybridized carbons (Fsp3) is 0.263. The van der Waals surface area contributed by atoms with Gasteiger partial charge in [-0.15, -0.1) is 0 Å². The number of hydrogen-bond donors (Lipinski definition) is 3. The van der Waals surface area contributed by atoms with Gasteiger partial charge in [-0.2, -0.15) is 0 Å². The second kappa shape index (κ2) is 8.09. The molecule has 28 heavy (non-hydrogen) atoms. The average molecular weight is 403 g/mol. The quantitative estimate of drug-likeness (QED) is 0.410. The Hall–Kier alpha value is -2.75. The SMILES string of the molecule is COC(=NCCN)c1ccc2c(c1)S(=O)(=O)c1ccc(NCCO)cc1C2=O. The Morgan fingerprint density at radius 2 is 1.96 bits per heavy atom. The van der Waals surface area contributed by atoms with Crippen molar-refractivity contribution in [2.75, 3.05) is 38.7 Å². The van der Waals surface area contributed by atoms with Gasteiger partial charge in [-0.1, -0.05) is 0 Å². The van der Waals surface area contributed by atoms with Gasteiger partial charge >= 0.3 is 0 Å². The number of anilines is 1. The Morgan fingerprint density at radius 1 is 1.18 bits per heavy atom. The van der Waals surface area contributed by atoms with E-state index >= 15 is 0 Å². The lowest BCUT2D eigenvalue weighted by Crippen LogP contribution is -2.21. The van der Waals surface area contributed by atoms with Crippen molar-refractivity contribution < 1.29 is 23.1 Å². The Balaban J connectivity index is 2.11. The number of aliphatic hydroxyl groups is 1. The van der Waals surface area contributed by atoms with Crippen LogP contribution in [-0.4, -0.2) is 58.6 Å². The molecule has 1 heterocycles. The zero-order valence-corrected chi connectivity index (χ0v) is 16.1. The number of ketones is 1. The minimum Gasteiger partial charge on any atom is -0.481 e. The predicted molar refractivity (Wildman–Crippen MR) is 105 cm³/mol. The third-order valence-electron chi connectivity index (χ3n) is 4.30. The summed E-state index contributed by atoms with van der Waals surface area (Å²) in [6.07, 6.45) is 0. The van der Waals surface area contributed by atoms with Crippen LogP contribution >= 0.6 is 0 Å². The summed E-state index contributed by atoms with van der Waals surface area (Å²) in [4.78, 5) is 17.0. The van der Waals surface area contributed by atoms with Crippen LogP contribution < -0.4 is 11.1 Å². The molecule has 0 aromatic heterocycles. The molecule has 0 amide bonds. The second-order valence-electron chi connectivity index (χ2n) is 6.08. The van der Waals surface area contributed by atoms with E-state index < -0.39 is 9.84 Å². The number of ether oxygens (including phenoxy) is 1. The van der Waals surface area contributed by atoms with Gasteiger partial charge in [0.2, 0.25) is 15.7 Å². The minimum atomic E-state index is -3.89. The minimum absolute atomic E-state index is 0.0467. The first kappa shape index (κ1) is 20.0. The monoisotopic (exact) mass is 403 g/mol. The van der Waals surface area contributed by atoms with Gasteiger partial charge in [0.05, 0.1) is 30.1 Å². The van der Waals surface area contributed by atoms with Gasteiger partial charge in [0.15, 0.2) is 5.78 Å². The maximum absolute atomic E-state index is 13.1. The topological polar surface area (TPSA) is 131 Å². The molecule has 1 aliphatic heterocycles. The molecule has 0 radical (unpaired) electrons. The maximum Gasteiger partial charge on any atom is 0.215 e. The van der Waals surface area contributed by atoms with E-state index in [-0.39, 0.29) is 39.2 Å². The van der Waals surface area contributed by atoms with Gasteiger partial charge in [0.1, 0.15) is 0 Å². The van der Waals surface area contributed by atoms with Crippen LogP contribution in [0.2, 0.25) is 0 Å². The van der Waals surface area contributed by atoms with Crippen molar-refractivity contribution in [1.82, 2.24) is 0 Å². The van der Waals surface area contributed by atoms with E-state index in [0.29, 0.717) is 30.9 Å². The summed E-state index contributed by atoms with van der Waals surface area (Å²) in [5, 5.41) is 11.9. The highest BCUT2D eigenvalue weighted by atomic mass is 32.2. The highest BCUT2D eigenvalue weighted by Gasteiger charge is 2.35. The van der Waals surface area contributed by atoms with Gasteiger partial charge < -0.3 is 20.9 Å². The fourth-order valence-electron chi connectivity index (χ4n) is 3.02. The first-order valence-corrected chi connectivity index (χ1v) is 10.1. The molecule has 0 saturated heterocycles. The largest absolute Gasteiger partial charge is 0.481 e. The summed E-state index contributed by atoms with van der Waals surface area (Å²) in [5.41, 5.74) is 6.68. The normalized spacial score (nSPS) is 15.0. The molecule has 4 N–H and O–H groups in total. The van der Waals surface area contributed by atoms with E-state index in [1.54, 1.807) is 12.1 Å². The number of rotatable bonds is 6. The molecule has 0 fully saturated rings. The molecule has 0 bridgehead atoms. The van der Waals surface area contributed by atoms with Crippen LogP contribution in [-0.2, 0) is 14.6 Å². The smallest absolute Gasteiger partial charge is 0.215 e. The van der Waals surface area contributed by atoms with Crippen molar-refractivity contribution in [3.8, 4) is 0 Å². The van der Waals surface area contributed by atoms with Crippen LogP contribution in [0, 0.1) is 0 Å². The fourth-order valence-corrected chi connectivity index (χ4v) is 4.68. The van der Waals surface area contributed by atoms with Crippen LogP contribution in [0.5, 0.6) is 0 Å². The van der Waals surface area contributed by atoms with Gasteiger partial charge in [-0.3, -0.25) is 4.79 Å². The predicted octanol–water partition coefficient (Wildman–Crippen LogP) is 0.820. The van der Waals surface area contributed by atoms with Gasteiger partial charge in [0.25, 0.3) is 0 Å². The lowest BCUT2D eigenvalue weighted by molar-refractivity contribution is 0.103. The van der Waals surface area contributed by atoms with Crippen LogP contribution in [0.1, 0.15) is 21.5 Å². The molecule has 0 saturated carbocycles. The number of benzene rings is 2. The standard InChI is InChI=1S/C19H21N3O5S/c1-27-19(22-7-6-20)12-2-4-14-17(10-12)28(25,26)16-5-3-13(21-8-9-23)11-15(16)18(14)24/h2-5,10-11,21,23H,6-9,20H2,1H3. The Labute approximate surface area is 163 Å². The highest BCUT2D eigenvalue weighted by Crippen LogP contribution is 2.36. The summed E-state index contributed by atoms with van der Waals surface area (Å²) < 4.78 is 31.5. The first-order valence-electron chi connectivity index (χ1n) is 8.65. The van der Waals surface area contributed by atoms with Crippen molar-refractivity contribution in [3.05, 3.63) is 53.1 Å². The molecule has 0 atom stereocenters. The highest BCUT2D eigenvalue weighted by molar-refractivity contribution is 7.91. The van der Waals surface area contributed by atoms with Crippen molar-refractivity contribution in [2.24, 2.45) is 10.7 Å². The molecule has 2 aromatic rings. The van der Waals surface area contributed by atoms with Crippen molar-refractivity contribution >= 4 is 27.2 Å². The number of nitrogens with two attached hydrogens (primary N) is 1. The second-order valence-corrected chi connectivity index (χ2v) is 7.97. The van der Waals surface area contributed by atoms with Crippen LogP contribution in [0.4, 0.5) is 5.69 Å². The first-order chi connectivity index (χ1) is 13.4. The maximum atomic E-state index is 13.1. The van der Waals surface area contributed by atoms with Crippen molar-refractivity contribution in [1.29, 1.82) is 0 Å². The molecule has 0 unspecified atom stereocenters. The number of fused-ring (bicyclic) bond motifs is 2. The zero-order chi connectivity index (χ0) is 20.3. The zero-order valence-electron chi connectivity index (χ0n) is 15.3. The van der Waals surface area contributed by atoms with Gasteiger partial charge in [-0.25, -0.2) is 13.4 Å². The summed E-state index contributed by atoms with van der Waals surface area (Å²) in [6, 6.07) is 8.94. The molecule has 0 spiro atoms. The summed E-state index contributed by atoms with van der Waals surface area (Å²) in [7, 11) is -2.45. The third-order valence-corrected chi connectivity index (χ3v) is 6.15. The number of carbonyl (C=O) groups excluding carboxylic acids is 1. The number of carbonyl (C=O) groups is 1. The van der Waals surface area contributed by atoms with Crippen LogP contribution in [0.25, 0.3) is 0 Å². The van der Waals surface area contributed by atoms with E-state index in [4.69, 9.17) is 15.6 Å². The van der Waals surface area contributed by atoms with E-state index in [0.717, 1.165) is 0 Å². The van der Waals surface area contributed by atoms with Crippen molar-refractivity contribution in [3.63, 3.8) is 0 Å². The summed E-state index contributed by atoms with van der Waals surface area (Å²) in [6.45, 7) is 0.872. The molecule has 3 rings (SSSR count). The van der Waals surface area contributed by atoms with E-state index in [1.807, 2.05) is 0 Å². The molecule has 9 heteroatoms. The summed E-state index contributed by atoms with van der Waals surface area (Å²) >= 11 is 0. The third kappa shape index (κ3) is 3.51. The van der Waals surface area contributed by atoms with E-state index in [1.165, 1.54) is 31.4 Å². The number of aliphatic hydroxyl groups excluding tert-OH is 1. The Bertz CT molecular complexity index is 1050. The Morgan fingerprint density at radius 3 is 2.64 bits per heavy atom. The van der Waals surface area contributed by atoms with Gasteiger partial charge in [0, 0.05) is 35.5 Å². The lowest BCUT2D eigenvalue weighted by atomic mass is 10.0. The molecule has 1 aliphatic rings. The molecule has 0 aliphatic carbocycles. The van der Waals surface area contributed by atoms with Crippen LogP contribution in [0.3, 0.4) is 0 Å².